The maximum atomic E-state index is 10.9. The Bertz CT molecular complexity index is 443. The highest BCUT2D eigenvalue weighted by molar-refractivity contribution is 5.91. The summed E-state index contributed by atoms with van der Waals surface area (Å²) in [7, 11) is 1.37. The van der Waals surface area contributed by atoms with Gasteiger partial charge in [0.25, 0.3) is 0 Å². The predicted octanol–water partition coefficient (Wildman–Crippen LogP) is 0.348. The van der Waals surface area contributed by atoms with Crippen LogP contribution in [0.15, 0.2) is 18.2 Å². The molecule has 1 unspecified atom stereocenters. The molecule has 0 saturated heterocycles. The molecular weight excluding hydrogens is 226 g/mol. The lowest BCUT2D eigenvalue weighted by atomic mass is 10.0. The molecule has 0 saturated carbocycles. The third-order valence-electron chi connectivity index (χ3n) is 2.27. The first-order valence-corrected chi connectivity index (χ1v) is 4.84. The van der Waals surface area contributed by atoms with Crippen LogP contribution >= 0.6 is 0 Å². The van der Waals surface area contributed by atoms with Crippen LogP contribution in [0.1, 0.15) is 15.9 Å². The van der Waals surface area contributed by atoms with Crippen molar-refractivity contribution in [3.05, 3.63) is 29.3 Å². The summed E-state index contributed by atoms with van der Waals surface area (Å²) in [6.07, 6.45) is 0.0691. The van der Waals surface area contributed by atoms with E-state index < -0.39 is 18.0 Å². The van der Waals surface area contributed by atoms with Gasteiger partial charge in [-0.2, -0.15) is 0 Å². The van der Waals surface area contributed by atoms with E-state index >= 15 is 0 Å². The highest BCUT2D eigenvalue weighted by atomic mass is 16.5. The smallest absolute Gasteiger partial charge is 0.339 e. The number of carbonyl (C=O) groups is 2. The molecule has 4 N–H and O–H groups in total. The van der Waals surface area contributed by atoms with Gasteiger partial charge >= 0.3 is 11.9 Å². The molecule has 1 aromatic rings. The molecule has 92 valence electrons. The lowest BCUT2D eigenvalue weighted by Crippen LogP contribution is -2.32. The SMILES string of the molecule is COc1ccc(CC(N)C(=O)O)cc1C(=O)O. The number of aromatic carboxylic acids is 1. The number of carboxylic acid groups (broad SMARTS) is 2. The van der Waals surface area contributed by atoms with Crippen molar-refractivity contribution in [3.8, 4) is 5.75 Å². The van der Waals surface area contributed by atoms with Crippen molar-refractivity contribution in [2.75, 3.05) is 7.11 Å². The van der Waals surface area contributed by atoms with Crippen LogP contribution in [0.5, 0.6) is 5.75 Å². The van der Waals surface area contributed by atoms with Crippen molar-refractivity contribution in [2.24, 2.45) is 5.73 Å². The Morgan fingerprint density at radius 2 is 2.06 bits per heavy atom. The number of hydrogen-bond acceptors (Lipinski definition) is 4. The van der Waals surface area contributed by atoms with Crippen LogP contribution in [-0.4, -0.2) is 35.3 Å². The van der Waals surface area contributed by atoms with E-state index in [0.29, 0.717) is 5.56 Å². The second-order valence-electron chi connectivity index (χ2n) is 3.49. The quantitative estimate of drug-likeness (QED) is 0.683. The molecule has 0 aliphatic carbocycles. The largest absolute Gasteiger partial charge is 0.496 e. The molecule has 0 fully saturated rings. The van der Waals surface area contributed by atoms with Gasteiger partial charge < -0.3 is 20.7 Å². The molecule has 0 aliphatic heterocycles. The molecule has 0 bridgehead atoms. The van der Waals surface area contributed by atoms with E-state index in [1.165, 1.54) is 19.2 Å². The zero-order valence-electron chi connectivity index (χ0n) is 9.21. The molecule has 0 radical (unpaired) electrons. The molecule has 0 aliphatic rings. The fourth-order valence-electron chi connectivity index (χ4n) is 1.39. The first-order valence-electron chi connectivity index (χ1n) is 4.84. The lowest BCUT2D eigenvalue weighted by Gasteiger charge is -2.09. The van der Waals surface area contributed by atoms with Gasteiger partial charge in [0.15, 0.2) is 0 Å². The van der Waals surface area contributed by atoms with Crippen molar-refractivity contribution in [3.63, 3.8) is 0 Å². The van der Waals surface area contributed by atoms with Gasteiger partial charge in [0, 0.05) is 0 Å². The molecule has 17 heavy (non-hydrogen) atoms. The maximum absolute atomic E-state index is 10.9. The monoisotopic (exact) mass is 239 g/mol. The van der Waals surface area contributed by atoms with Crippen molar-refractivity contribution < 1.29 is 24.5 Å². The number of aliphatic carboxylic acids is 1. The maximum Gasteiger partial charge on any atom is 0.339 e. The van der Waals surface area contributed by atoms with E-state index in [4.69, 9.17) is 20.7 Å². The molecule has 1 rings (SSSR count). The number of benzene rings is 1. The topological polar surface area (TPSA) is 110 Å². The Morgan fingerprint density at radius 1 is 1.41 bits per heavy atom. The summed E-state index contributed by atoms with van der Waals surface area (Å²) in [4.78, 5) is 21.5. The van der Waals surface area contributed by atoms with Crippen molar-refractivity contribution in [1.29, 1.82) is 0 Å². The first-order chi connectivity index (χ1) is 7.95. The molecule has 1 aromatic carbocycles. The van der Waals surface area contributed by atoms with E-state index in [-0.39, 0.29) is 17.7 Å². The molecule has 6 nitrogen and oxygen atoms in total. The van der Waals surface area contributed by atoms with Gasteiger partial charge in [0.1, 0.15) is 17.4 Å². The van der Waals surface area contributed by atoms with Gasteiger partial charge in [0.05, 0.1) is 7.11 Å². The Balaban J connectivity index is 3.00. The number of ether oxygens (including phenoxy) is 1. The Kier molecular flexibility index (Phi) is 4.06. The van der Waals surface area contributed by atoms with Crippen LogP contribution in [-0.2, 0) is 11.2 Å². The number of hydrogen-bond donors (Lipinski definition) is 3. The second kappa shape index (κ2) is 5.31. The number of carboxylic acids is 2. The van der Waals surface area contributed by atoms with E-state index in [1.54, 1.807) is 6.07 Å². The highest BCUT2D eigenvalue weighted by Gasteiger charge is 2.16. The minimum absolute atomic E-state index is 0.0115. The van der Waals surface area contributed by atoms with Crippen LogP contribution in [0, 0.1) is 0 Å². The van der Waals surface area contributed by atoms with Gasteiger partial charge in [-0.15, -0.1) is 0 Å². The summed E-state index contributed by atoms with van der Waals surface area (Å²) in [5.41, 5.74) is 5.90. The van der Waals surface area contributed by atoms with Crippen LogP contribution in [0.25, 0.3) is 0 Å². The fourth-order valence-corrected chi connectivity index (χ4v) is 1.39. The van der Waals surface area contributed by atoms with Crippen molar-refractivity contribution >= 4 is 11.9 Å². The molecule has 6 heteroatoms. The second-order valence-corrected chi connectivity index (χ2v) is 3.49. The lowest BCUT2D eigenvalue weighted by molar-refractivity contribution is -0.138. The van der Waals surface area contributed by atoms with Crippen LogP contribution in [0.3, 0.4) is 0 Å². The normalized spacial score (nSPS) is 11.9. The number of nitrogens with two attached hydrogens (primary N) is 1. The third-order valence-corrected chi connectivity index (χ3v) is 2.27. The molecule has 0 spiro atoms. The first kappa shape index (κ1) is 13.0. The summed E-state index contributed by atoms with van der Waals surface area (Å²) in [5.74, 6) is -2.03. The van der Waals surface area contributed by atoms with Gasteiger partial charge in [-0.25, -0.2) is 4.79 Å². The van der Waals surface area contributed by atoms with Crippen molar-refractivity contribution in [1.82, 2.24) is 0 Å². The Morgan fingerprint density at radius 3 is 2.53 bits per heavy atom. The van der Waals surface area contributed by atoms with E-state index in [2.05, 4.69) is 0 Å². The summed E-state index contributed by atoms with van der Waals surface area (Å²) < 4.78 is 4.89. The van der Waals surface area contributed by atoms with E-state index in [0.717, 1.165) is 0 Å². The van der Waals surface area contributed by atoms with Crippen LogP contribution in [0.4, 0.5) is 0 Å². The molecule has 1 atom stereocenters. The number of methoxy groups -OCH3 is 1. The number of rotatable bonds is 5. The van der Waals surface area contributed by atoms with Gasteiger partial charge in [-0.3, -0.25) is 4.79 Å². The van der Waals surface area contributed by atoms with Gasteiger partial charge in [0.2, 0.25) is 0 Å². The molecular formula is C11H13NO5. The molecule has 0 heterocycles. The zero-order valence-corrected chi connectivity index (χ0v) is 9.21. The predicted molar refractivity (Wildman–Crippen MR) is 59.3 cm³/mol. The van der Waals surface area contributed by atoms with Crippen molar-refractivity contribution in [2.45, 2.75) is 12.5 Å². The zero-order chi connectivity index (χ0) is 13.0. The minimum Gasteiger partial charge on any atom is -0.496 e. The summed E-state index contributed by atoms with van der Waals surface area (Å²) in [6.45, 7) is 0. The van der Waals surface area contributed by atoms with Gasteiger partial charge in [-0.05, 0) is 24.1 Å². The van der Waals surface area contributed by atoms with E-state index in [9.17, 15) is 9.59 Å². The summed E-state index contributed by atoms with van der Waals surface area (Å²) in [6, 6.07) is 3.39. The minimum atomic E-state index is -1.13. The third kappa shape index (κ3) is 3.18. The van der Waals surface area contributed by atoms with Crippen LogP contribution in [0.2, 0.25) is 0 Å². The highest BCUT2D eigenvalue weighted by Crippen LogP contribution is 2.20. The average molecular weight is 239 g/mol. The molecule has 0 amide bonds. The van der Waals surface area contributed by atoms with E-state index in [1.807, 2.05) is 0 Å². The van der Waals surface area contributed by atoms with Crippen LogP contribution < -0.4 is 10.5 Å². The fraction of sp³-hybridized carbons (Fsp3) is 0.273. The van der Waals surface area contributed by atoms with Gasteiger partial charge in [-0.1, -0.05) is 6.07 Å². The Labute approximate surface area is 97.6 Å². The Hall–Kier alpha value is -2.08. The summed E-state index contributed by atoms with van der Waals surface area (Å²) >= 11 is 0. The standard InChI is InChI=1S/C11H13NO5/c1-17-9-3-2-6(4-7(9)10(13)14)5-8(12)11(15)16/h2-4,8H,5,12H2,1H3,(H,13,14)(H,15,16). The summed E-state index contributed by atoms with van der Waals surface area (Å²) in [5, 5.41) is 17.6. The molecule has 0 aromatic heterocycles. The average Bonchev–Trinajstić information content (AvgIpc) is 2.28.